The van der Waals surface area contributed by atoms with Crippen LogP contribution >= 0.6 is 11.6 Å². The summed E-state index contributed by atoms with van der Waals surface area (Å²) in [5, 5.41) is 16.0. The molecular formula is C15H15ClN2O. The van der Waals surface area contributed by atoms with Gasteiger partial charge in [-0.3, -0.25) is 0 Å². The van der Waals surface area contributed by atoms with Crippen LogP contribution in [0.3, 0.4) is 0 Å². The Morgan fingerprint density at radius 2 is 1.89 bits per heavy atom. The fourth-order valence-corrected chi connectivity index (χ4v) is 1.97. The van der Waals surface area contributed by atoms with Crippen molar-refractivity contribution in [2.24, 2.45) is 5.16 Å². The van der Waals surface area contributed by atoms with E-state index in [9.17, 15) is 0 Å². The number of aryl methyl sites for hydroxylation is 1. The molecule has 0 saturated carbocycles. The molecule has 98 valence electrons. The molecule has 2 aromatic carbocycles. The second kappa shape index (κ2) is 6.81. The lowest BCUT2D eigenvalue weighted by atomic mass is 10.1. The summed E-state index contributed by atoms with van der Waals surface area (Å²) in [5.74, 6) is 0.520. The van der Waals surface area contributed by atoms with Crippen LogP contribution in [0.2, 0.25) is 5.02 Å². The van der Waals surface area contributed by atoms with E-state index in [1.165, 1.54) is 5.56 Å². The molecule has 0 aliphatic carbocycles. The van der Waals surface area contributed by atoms with Gasteiger partial charge in [0.2, 0.25) is 0 Å². The molecule has 0 heterocycles. The van der Waals surface area contributed by atoms with Crippen molar-refractivity contribution < 1.29 is 5.21 Å². The lowest BCUT2D eigenvalue weighted by Crippen LogP contribution is -2.13. The van der Waals surface area contributed by atoms with Gasteiger partial charge < -0.3 is 10.5 Å². The highest BCUT2D eigenvalue weighted by atomic mass is 35.5. The van der Waals surface area contributed by atoms with E-state index in [4.69, 9.17) is 16.8 Å². The minimum absolute atomic E-state index is 0.520. The van der Waals surface area contributed by atoms with Crippen LogP contribution in [-0.4, -0.2) is 11.0 Å². The van der Waals surface area contributed by atoms with Gasteiger partial charge in [0, 0.05) is 17.1 Å². The average molecular weight is 275 g/mol. The Kier molecular flexibility index (Phi) is 4.81. The second-order valence-electron chi connectivity index (χ2n) is 4.17. The van der Waals surface area contributed by atoms with Crippen molar-refractivity contribution in [2.45, 2.75) is 12.8 Å². The molecule has 2 aromatic rings. The molecular weight excluding hydrogens is 260 g/mol. The van der Waals surface area contributed by atoms with Gasteiger partial charge >= 0.3 is 0 Å². The van der Waals surface area contributed by atoms with Crippen molar-refractivity contribution in [2.75, 3.05) is 5.32 Å². The summed E-state index contributed by atoms with van der Waals surface area (Å²) in [6.07, 6.45) is 1.45. The molecule has 0 aliphatic rings. The van der Waals surface area contributed by atoms with E-state index in [1.54, 1.807) is 12.1 Å². The SMILES string of the molecule is O/N=C(/CCc1ccccc1)Nc1cccc(Cl)c1. The van der Waals surface area contributed by atoms with E-state index in [0.717, 1.165) is 12.1 Å². The minimum Gasteiger partial charge on any atom is -0.409 e. The van der Waals surface area contributed by atoms with Crippen molar-refractivity contribution in [3.8, 4) is 0 Å². The van der Waals surface area contributed by atoms with Gasteiger partial charge in [0.05, 0.1) is 0 Å². The van der Waals surface area contributed by atoms with E-state index in [2.05, 4.69) is 10.5 Å². The van der Waals surface area contributed by atoms with E-state index in [1.807, 2.05) is 42.5 Å². The monoisotopic (exact) mass is 274 g/mol. The number of amidine groups is 1. The number of benzene rings is 2. The third-order valence-electron chi connectivity index (χ3n) is 2.73. The van der Waals surface area contributed by atoms with Crippen LogP contribution < -0.4 is 5.32 Å². The Morgan fingerprint density at radius 1 is 1.11 bits per heavy atom. The summed E-state index contributed by atoms with van der Waals surface area (Å²) in [4.78, 5) is 0. The van der Waals surface area contributed by atoms with Gasteiger partial charge in [-0.15, -0.1) is 0 Å². The number of halogens is 1. The van der Waals surface area contributed by atoms with Crippen LogP contribution in [-0.2, 0) is 6.42 Å². The molecule has 0 bridgehead atoms. The largest absolute Gasteiger partial charge is 0.409 e. The summed E-state index contributed by atoms with van der Waals surface area (Å²) in [5.41, 5.74) is 2.02. The zero-order valence-electron chi connectivity index (χ0n) is 10.4. The molecule has 0 saturated heterocycles. The second-order valence-corrected chi connectivity index (χ2v) is 4.60. The fourth-order valence-electron chi connectivity index (χ4n) is 1.78. The van der Waals surface area contributed by atoms with Crippen molar-refractivity contribution in [3.05, 3.63) is 65.2 Å². The molecule has 19 heavy (non-hydrogen) atoms. The maximum absolute atomic E-state index is 9.03. The van der Waals surface area contributed by atoms with Crippen LogP contribution in [0.5, 0.6) is 0 Å². The standard InChI is InChI=1S/C15H15ClN2O/c16-13-7-4-8-14(11-13)17-15(18-19)10-9-12-5-2-1-3-6-12/h1-8,11,19H,9-10H2,(H,17,18). The zero-order valence-corrected chi connectivity index (χ0v) is 11.1. The highest BCUT2D eigenvalue weighted by Crippen LogP contribution is 2.15. The number of anilines is 1. The summed E-state index contributed by atoms with van der Waals surface area (Å²) in [7, 11) is 0. The molecule has 0 fully saturated rings. The minimum atomic E-state index is 0.520. The maximum atomic E-state index is 9.03. The Bertz CT molecular complexity index is 555. The van der Waals surface area contributed by atoms with E-state index in [0.29, 0.717) is 17.3 Å². The number of oxime groups is 1. The predicted molar refractivity (Wildman–Crippen MR) is 79.1 cm³/mol. The van der Waals surface area contributed by atoms with E-state index >= 15 is 0 Å². The molecule has 0 spiro atoms. The quantitative estimate of drug-likeness (QED) is 0.380. The van der Waals surface area contributed by atoms with Gasteiger partial charge in [-0.2, -0.15) is 0 Å². The van der Waals surface area contributed by atoms with Crippen LogP contribution in [0.15, 0.2) is 59.8 Å². The highest BCUT2D eigenvalue weighted by molar-refractivity contribution is 6.30. The summed E-state index contributed by atoms with van der Waals surface area (Å²) >= 11 is 5.90. The Morgan fingerprint density at radius 3 is 2.58 bits per heavy atom. The smallest absolute Gasteiger partial charge is 0.146 e. The molecule has 0 amide bonds. The lowest BCUT2D eigenvalue weighted by molar-refractivity contribution is 0.317. The molecule has 0 aromatic heterocycles. The number of rotatable bonds is 4. The van der Waals surface area contributed by atoms with Crippen molar-refractivity contribution in [3.63, 3.8) is 0 Å². The van der Waals surface area contributed by atoms with Gasteiger partial charge in [-0.25, -0.2) is 0 Å². The first-order valence-corrected chi connectivity index (χ1v) is 6.43. The first kappa shape index (κ1) is 13.4. The Labute approximate surface area is 117 Å². The maximum Gasteiger partial charge on any atom is 0.146 e. The van der Waals surface area contributed by atoms with Gasteiger partial charge in [0.1, 0.15) is 5.84 Å². The van der Waals surface area contributed by atoms with E-state index < -0.39 is 0 Å². The number of hydrogen-bond donors (Lipinski definition) is 2. The topological polar surface area (TPSA) is 44.6 Å². The van der Waals surface area contributed by atoms with Crippen LogP contribution in [0.25, 0.3) is 0 Å². The summed E-state index contributed by atoms with van der Waals surface area (Å²) in [6, 6.07) is 17.4. The number of hydrogen-bond acceptors (Lipinski definition) is 2. The summed E-state index contributed by atoms with van der Waals surface area (Å²) < 4.78 is 0. The predicted octanol–water partition coefficient (Wildman–Crippen LogP) is 4.17. The normalized spacial score (nSPS) is 11.3. The first-order chi connectivity index (χ1) is 9.28. The highest BCUT2D eigenvalue weighted by Gasteiger charge is 2.02. The van der Waals surface area contributed by atoms with Crippen LogP contribution in [0.4, 0.5) is 5.69 Å². The molecule has 2 rings (SSSR count). The lowest BCUT2D eigenvalue weighted by Gasteiger charge is -2.08. The van der Waals surface area contributed by atoms with Gasteiger partial charge in [0.15, 0.2) is 0 Å². The van der Waals surface area contributed by atoms with Gasteiger partial charge in [0.25, 0.3) is 0 Å². The summed E-state index contributed by atoms with van der Waals surface area (Å²) in [6.45, 7) is 0. The molecule has 3 nitrogen and oxygen atoms in total. The molecule has 0 aliphatic heterocycles. The fraction of sp³-hybridized carbons (Fsp3) is 0.133. The average Bonchev–Trinajstić information content (AvgIpc) is 2.44. The number of nitrogens with one attached hydrogen (secondary N) is 1. The third kappa shape index (κ3) is 4.30. The first-order valence-electron chi connectivity index (χ1n) is 6.05. The molecule has 0 radical (unpaired) electrons. The van der Waals surface area contributed by atoms with E-state index in [-0.39, 0.29) is 0 Å². The van der Waals surface area contributed by atoms with Gasteiger partial charge in [-0.1, -0.05) is 53.2 Å². The molecule has 2 N–H and O–H groups in total. The van der Waals surface area contributed by atoms with Crippen molar-refractivity contribution in [1.82, 2.24) is 0 Å². The van der Waals surface area contributed by atoms with Gasteiger partial charge in [-0.05, 0) is 30.2 Å². The molecule has 4 heteroatoms. The van der Waals surface area contributed by atoms with Crippen LogP contribution in [0, 0.1) is 0 Å². The molecule has 0 atom stereocenters. The zero-order chi connectivity index (χ0) is 13.5. The van der Waals surface area contributed by atoms with Crippen molar-refractivity contribution in [1.29, 1.82) is 0 Å². The Hall–Kier alpha value is -2.00. The van der Waals surface area contributed by atoms with Crippen molar-refractivity contribution >= 4 is 23.1 Å². The third-order valence-corrected chi connectivity index (χ3v) is 2.96. The number of nitrogens with zero attached hydrogens (tertiary/aromatic N) is 1. The molecule has 0 unspecified atom stereocenters. The van der Waals surface area contributed by atoms with Crippen LogP contribution in [0.1, 0.15) is 12.0 Å². The Balaban J connectivity index is 1.94.